The van der Waals surface area contributed by atoms with Crippen LogP contribution in [0.1, 0.15) is 12.8 Å². The minimum atomic E-state index is 0. The Hall–Kier alpha value is -0.0500. The lowest BCUT2D eigenvalue weighted by Crippen LogP contribution is -2.37. The fraction of sp³-hybridized carbons (Fsp3) is 0.714. The molecular weight excluding hydrogens is 150 g/mol. The van der Waals surface area contributed by atoms with Gasteiger partial charge in [-0.25, -0.2) is 0 Å². The van der Waals surface area contributed by atoms with E-state index in [9.17, 15) is 0 Å². The summed E-state index contributed by atoms with van der Waals surface area (Å²) in [7, 11) is 0. The number of rotatable bonds is 1. The van der Waals surface area contributed by atoms with Gasteiger partial charge < -0.3 is 10.4 Å². The molecule has 1 heterocycles. The van der Waals surface area contributed by atoms with Gasteiger partial charge in [0.25, 0.3) is 0 Å². The highest BCUT2D eigenvalue weighted by Gasteiger charge is 2.12. The van der Waals surface area contributed by atoms with E-state index in [-0.39, 0.29) is 25.1 Å². The van der Waals surface area contributed by atoms with E-state index in [0.717, 1.165) is 19.4 Å². The maximum absolute atomic E-state index is 8.71. The molecule has 1 saturated heterocycles. The number of hydrogen-bond acceptors (Lipinski definition) is 2. The third-order valence-corrected chi connectivity index (χ3v) is 1.67. The maximum atomic E-state index is 8.71. The monoisotopic (exact) mass is 163 g/mol. The second-order valence-corrected chi connectivity index (χ2v) is 2.54. The standard InChI is InChI=1S/C7H13NO.ClH/c1-6-2-3-8-7(4-6)5-9;/h7-9H,1-5H2;1H/t7-;/m1./s1. The molecule has 1 atom stereocenters. The third kappa shape index (κ3) is 2.69. The highest BCUT2D eigenvalue weighted by atomic mass is 35.5. The van der Waals surface area contributed by atoms with Crippen LogP contribution in [0.4, 0.5) is 0 Å². The predicted octanol–water partition coefficient (Wildman–Crippen LogP) is 0.709. The van der Waals surface area contributed by atoms with Crippen LogP contribution in [0.5, 0.6) is 0 Å². The highest BCUT2D eigenvalue weighted by Crippen LogP contribution is 2.11. The molecule has 0 spiro atoms. The molecule has 1 rings (SSSR count). The van der Waals surface area contributed by atoms with Gasteiger partial charge in [0.05, 0.1) is 6.61 Å². The van der Waals surface area contributed by atoms with E-state index in [4.69, 9.17) is 5.11 Å². The summed E-state index contributed by atoms with van der Waals surface area (Å²) in [4.78, 5) is 0. The molecule has 2 nitrogen and oxygen atoms in total. The molecule has 1 aliphatic rings. The first-order valence-electron chi connectivity index (χ1n) is 3.34. The molecule has 1 fully saturated rings. The Morgan fingerprint density at radius 3 is 2.80 bits per heavy atom. The normalized spacial score (nSPS) is 25.7. The van der Waals surface area contributed by atoms with Crippen molar-refractivity contribution in [3.8, 4) is 0 Å². The Balaban J connectivity index is 0.000000810. The zero-order valence-corrected chi connectivity index (χ0v) is 6.78. The minimum absolute atomic E-state index is 0. The fourth-order valence-corrected chi connectivity index (χ4v) is 1.10. The van der Waals surface area contributed by atoms with Crippen LogP contribution in [0.15, 0.2) is 12.2 Å². The van der Waals surface area contributed by atoms with Gasteiger partial charge in [0.1, 0.15) is 0 Å². The molecule has 0 radical (unpaired) electrons. The zero-order valence-electron chi connectivity index (χ0n) is 5.97. The summed E-state index contributed by atoms with van der Waals surface area (Å²) in [6.45, 7) is 5.07. The summed E-state index contributed by atoms with van der Waals surface area (Å²) in [5.41, 5.74) is 1.26. The summed E-state index contributed by atoms with van der Waals surface area (Å²) in [5.74, 6) is 0. The number of aliphatic hydroxyl groups is 1. The summed E-state index contributed by atoms with van der Waals surface area (Å²) in [5, 5.41) is 11.9. The Labute approximate surface area is 67.7 Å². The Bertz CT molecular complexity index is 116. The van der Waals surface area contributed by atoms with Gasteiger partial charge in [-0.05, 0) is 19.4 Å². The van der Waals surface area contributed by atoms with E-state index in [1.165, 1.54) is 5.57 Å². The highest BCUT2D eigenvalue weighted by molar-refractivity contribution is 5.85. The van der Waals surface area contributed by atoms with Crippen molar-refractivity contribution in [1.29, 1.82) is 0 Å². The molecule has 0 aromatic rings. The first-order chi connectivity index (χ1) is 4.33. The Morgan fingerprint density at radius 1 is 1.70 bits per heavy atom. The summed E-state index contributed by atoms with van der Waals surface area (Å²) in [6.07, 6.45) is 2.01. The van der Waals surface area contributed by atoms with Crippen molar-refractivity contribution in [2.24, 2.45) is 0 Å². The lowest BCUT2D eigenvalue weighted by atomic mass is 10.0. The van der Waals surface area contributed by atoms with Crippen molar-refractivity contribution in [2.75, 3.05) is 13.2 Å². The average molecular weight is 164 g/mol. The van der Waals surface area contributed by atoms with Crippen molar-refractivity contribution in [3.63, 3.8) is 0 Å². The van der Waals surface area contributed by atoms with E-state index >= 15 is 0 Å². The van der Waals surface area contributed by atoms with Crippen molar-refractivity contribution in [3.05, 3.63) is 12.2 Å². The van der Waals surface area contributed by atoms with Gasteiger partial charge in [0.2, 0.25) is 0 Å². The van der Waals surface area contributed by atoms with Crippen LogP contribution in [-0.4, -0.2) is 24.3 Å². The van der Waals surface area contributed by atoms with Crippen molar-refractivity contribution in [1.82, 2.24) is 5.32 Å². The topological polar surface area (TPSA) is 32.3 Å². The van der Waals surface area contributed by atoms with Crippen molar-refractivity contribution >= 4 is 12.4 Å². The number of nitrogens with one attached hydrogen (secondary N) is 1. The van der Waals surface area contributed by atoms with Gasteiger partial charge in [-0.2, -0.15) is 0 Å². The van der Waals surface area contributed by atoms with E-state index in [2.05, 4.69) is 11.9 Å². The summed E-state index contributed by atoms with van der Waals surface area (Å²) < 4.78 is 0. The SMILES string of the molecule is C=C1CCN[C@@H](CO)C1.Cl. The molecule has 0 aromatic carbocycles. The smallest absolute Gasteiger partial charge is 0.0587 e. The van der Waals surface area contributed by atoms with E-state index in [0.29, 0.717) is 0 Å². The third-order valence-electron chi connectivity index (χ3n) is 1.67. The van der Waals surface area contributed by atoms with Gasteiger partial charge in [-0.1, -0.05) is 12.2 Å². The lowest BCUT2D eigenvalue weighted by molar-refractivity contribution is 0.234. The molecule has 0 amide bonds. The minimum Gasteiger partial charge on any atom is -0.395 e. The largest absolute Gasteiger partial charge is 0.395 e. The van der Waals surface area contributed by atoms with Crippen LogP contribution in [0.2, 0.25) is 0 Å². The second kappa shape index (κ2) is 4.72. The molecule has 1 aliphatic heterocycles. The summed E-state index contributed by atoms with van der Waals surface area (Å²) >= 11 is 0. The van der Waals surface area contributed by atoms with E-state index in [1.54, 1.807) is 0 Å². The molecule has 3 heteroatoms. The van der Waals surface area contributed by atoms with Crippen LogP contribution < -0.4 is 5.32 Å². The van der Waals surface area contributed by atoms with Crippen molar-refractivity contribution in [2.45, 2.75) is 18.9 Å². The van der Waals surface area contributed by atoms with Gasteiger partial charge in [0, 0.05) is 6.04 Å². The van der Waals surface area contributed by atoms with Crippen LogP contribution in [-0.2, 0) is 0 Å². The first kappa shape index (κ1) is 9.95. The number of aliphatic hydroxyl groups excluding tert-OH is 1. The van der Waals surface area contributed by atoms with E-state index in [1.807, 2.05) is 0 Å². The number of hydrogen-bond donors (Lipinski definition) is 2. The van der Waals surface area contributed by atoms with Crippen LogP contribution in [0, 0.1) is 0 Å². The van der Waals surface area contributed by atoms with Crippen LogP contribution >= 0.6 is 12.4 Å². The van der Waals surface area contributed by atoms with Gasteiger partial charge >= 0.3 is 0 Å². The molecule has 0 bridgehead atoms. The Kier molecular flexibility index (Phi) is 4.69. The lowest BCUT2D eigenvalue weighted by Gasteiger charge is -2.22. The fourth-order valence-electron chi connectivity index (χ4n) is 1.10. The molecule has 0 saturated carbocycles. The molecule has 0 aromatic heterocycles. The molecule has 0 aliphatic carbocycles. The summed E-state index contributed by atoms with van der Waals surface area (Å²) in [6, 6.07) is 0.270. The maximum Gasteiger partial charge on any atom is 0.0587 e. The van der Waals surface area contributed by atoms with Crippen molar-refractivity contribution < 1.29 is 5.11 Å². The molecule has 60 valence electrons. The molecular formula is C7H14ClNO. The molecule has 10 heavy (non-hydrogen) atoms. The van der Waals surface area contributed by atoms with Crippen LogP contribution in [0.3, 0.4) is 0 Å². The predicted molar refractivity (Wildman–Crippen MR) is 44.5 cm³/mol. The Morgan fingerprint density at radius 2 is 2.40 bits per heavy atom. The first-order valence-corrected chi connectivity index (χ1v) is 3.34. The van der Waals surface area contributed by atoms with Crippen LogP contribution in [0.25, 0.3) is 0 Å². The molecule has 0 unspecified atom stereocenters. The number of halogens is 1. The van der Waals surface area contributed by atoms with Gasteiger partial charge in [0.15, 0.2) is 0 Å². The number of piperidine rings is 1. The quantitative estimate of drug-likeness (QED) is 0.558. The average Bonchev–Trinajstić information content (AvgIpc) is 1.88. The zero-order chi connectivity index (χ0) is 6.69. The molecule has 2 N–H and O–H groups in total. The van der Waals surface area contributed by atoms with Gasteiger partial charge in [-0.15, -0.1) is 12.4 Å². The second-order valence-electron chi connectivity index (χ2n) is 2.54. The van der Waals surface area contributed by atoms with E-state index < -0.39 is 0 Å². The van der Waals surface area contributed by atoms with Gasteiger partial charge in [-0.3, -0.25) is 0 Å².